The van der Waals surface area contributed by atoms with Crippen molar-refractivity contribution in [1.82, 2.24) is 0 Å². The van der Waals surface area contributed by atoms with Crippen LogP contribution in [-0.4, -0.2) is 0 Å². The number of fused-ring (bicyclic) bond motifs is 3. The second-order valence-electron chi connectivity index (χ2n) is 8.78. The zero-order chi connectivity index (χ0) is 27.6. The molecule has 33 heavy (non-hydrogen) atoms. The molecule has 0 radical (unpaired) electrons. The van der Waals surface area contributed by atoms with Crippen LogP contribution in [0.2, 0.25) is 0 Å². The van der Waals surface area contributed by atoms with Gasteiger partial charge in [-0.25, -0.2) is 0 Å². The quantitative estimate of drug-likeness (QED) is 0.277. The molecule has 0 atom stereocenters. The number of hydrogen-bond acceptors (Lipinski definition) is 2. The molecule has 5 aromatic rings. The third kappa shape index (κ3) is 3.39. The lowest BCUT2D eigenvalue weighted by Gasteiger charge is -2.11. The summed E-state index contributed by atoms with van der Waals surface area (Å²) in [6.45, 7) is 8.40. The molecule has 0 bridgehead atoms. The summed E-state index contributed by atoms with van der Waals surface area (Å²) < 4.78 is 50.1. The second kappa shape index (κ2) is 7.90. The Morgan fingerprint density at radius 1 is 0.970 bits per heavy atom. The first kappa shape index (κ1) is 15.8. The van der Waals surface area contributed by atoms with Gasteiger partial charge in [-0.2, -0.15) is 9.83 Å². The summed E-state index contributed by atoms with van der Waals surface area (Å²) in [6.07, 6.45) is 0. The molecule has 0 aliphatic heterocycles. The molecular weight excluding hydrogens is 404 g/mol. The standard InChI is InChI=1S/C30H27N2O/c1-18(2)23-13-20(4)32(5)27(16-23)28-19(3)11-12-24-26-15-21(17-31)14-25(29(26)33-30(24)28)22-9-7-6-8-10-22/h6-16,18H,1-5H3/q+1/i6D,7D,8D,9D,10D. The second-order valence-corrected chi connectivity index (χ2v) is 8.78. The molecular formula is C30H27N2O+. The minimum absolute atomic E-state index is 0.0126. The van der Waals surface area contributed by atoms with Crippen molar-refractivity contribution in [2.24, 2.45) is 7.05 Å². The Bertz CT molecular complexity index is 1820. The van der Waals surface area contributed by atoms with Crippen LogP contribution in [0.25, 0.3) is 44.3 Å². The molecule has 0 aliphatic rings. The molecule has 2 aromatic heterocycles. The predicted octanol–water partition coefficient (Wildman–Crippen LogP) is 7.36. The number of aromatic nitrogens is 1. The molecule has 0 aliphatic carbocycles. The molecule has 2 heterocycles. The first-order valence-electron chi connectivity index (χ1n) is 13.4. The van der Waals surface area contributed by atoms with Gasteiger partial charge >= 0.3 is 0 Å². The van der Waals surface area contributed by atoms with E-state index in [1.165, 1.54) is 11.6 Å². The van der Waals surface area contributed by atoms with Gasteiger partial charge in [0.15, 0.2) is 5.69 Å². The highest BCUT2D eigenvalue weighted by atomic mass is 16.3. The summed E-state index contributed by atoms with van der Waals surface area (Å²) in [6, 6.07) is 11.7. The Balaban J connectivity index is 1.95. The number of furan rings is 1. The average molecular weight is 437 g/mol. The third-order valence-electron chi connectivity index (χ3n) is 6.34. The largest absolute Gasteiger partial charge is 0.454 e. The van der Waals surface area contributed by atoms with Crippen LogP contribution in [0, 0.1) is 25.2 Å². The molecule has 3 aromatic carbocycles. The van der Waals surface area contributed by atoms with Crippen LogP contribution in [-0.2, 0) is 7.05 Å². The van der Waals surface area contributed by atoms with Gasteiger partial charge in [0, 0.05) is 35.4 Å². The van der Waals surface area contributed by atoms with E-state index in [2.05, 4.69) is 43.5 Å². The maximum absolute atomic E-state index is 9.81. The smallest absolute Gasteiger partial charge is 0.216 e. The normalized spacial score (nSPS) is 13.5. The fourth-order valence-corrected chi connectivity index (χ4v) is 4.39. The predicted molar refractivity (Wildman–Crippen MR) is 134 cm³/mol. The Kier molecular flexibility index (Phi) is 3.79. The minimum Gasteiger partial charge on any atom is -0.454 e. The third-order valence-corrected chi connectivity index (χ3v) is 6.34. The average Bonchev–Trinajstić information content (AvgIpc) is 3.26. The number of pyridine rings is 1. The number of nitriles is 1. The van der Waals surface area contributed by atoms with E-state index >= 15 is 0 Å². The van der Waals surface area contributed by atoms with Gasteiger partial charge in [-0.3, -0.25) is 0 Å². The van der Waals surface area contributed by atoms with Crippen molar-refractivity contribution >= 4 is 21.9 Å². The van der Waals surface area contributed by atoms with Gasteiger partial charge in [-0.1, -0.05) is 56.2 Å². The van der Waals surface area contributed by atoms with E-state index < -0.39 is 18.1 Å². The molecule has 162 valence electrons. The van der Waals surface area contributed by atoms with E-state index in [1.807, 2.05) is 26.1 Å². The molecule has 0 N–H and O–H groups in total. The highest BCUT2D eigenvalue weighted by molar-refractivity contribution is 6.13. The van der Waals surface area contributed by atoms with Crippen LogP contribution in [0.4, 0.5) is 0 Å². The Hall–Kier alpha value is -3.90. The van der Waals surface area contributed by atoms with Gasteiger partial charge in [-0.15, -0.1) is 0 Å². The van der Waals surface area contributed by atoms with E-state index in [4.69, 9.17) is 11.3 Å². The zero-order valence-corrected chi connectivity index (χ0v) is 19.3. The number of rotatable bonds is 3. The van der Waals surface area contributed by atoms with Crippen LogP contribution in [0.1, 0.15) is 49.0 Å². The van der Waals surface area contributed by atoms with Crippen LogP contribution < -0.4 is 4.57 Å². The lowest BCUT2D eigenvalue weighted by molar-refractivity contribution is -0.666. The molecule has 0 saturated heterocycles. The first-order chi connectivity index (χ1) is 18.0. The van der Waals surface area contributed by atoms with Gasteiger partial charge < -0.3 is 4.42 Å². The van der Waals surface area contributed by atoms with Crippen molar-refractivity contribution in [1.29, 1.82) is 5.26 Å². The maximum atomic E-state index is 9.81. The van der Waals surface area contributed by atoms with Crippen molar-refractivity contribution in [3.63, 3.8) is 0 Å². The van der Waals surface area contributed by atoms with Crippen molar-refractivity contribution < 1.29 is 15.8 Å². The monoisotopic (exact) mass is 436 g/mol. The van der Waals surface area contributed by atoms with E-state index in [0.717, 1.165) is 27.9 Å². The lowest BCUT2D eigenvalue weighted by atomic mass is 9.95. The molecule has 0 fully saturated rings. The highest BCUT2D eigenvalue weighted by Crippen LogP contribution is 2.41. The van der Waals surface area contributed by atoms with Crippen LogP contribution in [0.3, 0.4) is 0 Å². The summed E-state index contributed by atoms with van der Waals surface area (Å²) in [4.78, 5) is 0. The number of benzene rings is 3. The summed E-state index contributed by atoms with van der Waals surface area (Å²) in [7, 11) is 2.02. The van der Waals surface area contributed by atoms with E-state index in [1.54, 1.807) is 6.07 Å². The van der Waals surface area contributed by atoms with Crippen molar-refractivity contribution in [3.05, 3.63) is 89.0 Å². The summed E-state index contributed by atoms with van der Waals surface area (Å²) >= 11 is 0. The van der Waals surface area contributed by atoms with Crippen molar-refractivity contribution in [2.45, 2.75) is 33.6 Å². The van der Waals surface area contributed by atoms with Gasteiger partial charge in [0.05, 0.1) is 24.0 Å². The van der Waals surface area contributed by atoms with E-state index in [0.29, 0.717) is 33.6 Å². The van der Waals surface area contributed by atoms with E-state index in [9.17, 15) is 5.26 Å². The first-order valence-corrected chi connectivity index (χ1v) is 10.9. The minimum atomic E-state index is -0.466. The molecule has 0 saturated carbocycles. The van der Waals surface area contributed by atoms with Crippen molar-refractivity contribution in [2.75, 3.05) is 0 Å². The topological polar surface area (TPSA) is 40.8 Å². The van der Waals surface area contributed by atoms with Gasteiger partial charge in [0.1, 0.15) is 18.2 Å². The lowest BCUT2D eigenvalue weighted by Crippen LogP contribution is -2.35. The maximum Gasteiger partial charge on any atom is 0.216 e. The van der Waals surface area contributed by atoms with E-state index in [-0.39, 0.29) is 17.6 Å². The van der Waals surface area contributed by atoms with Crippen LogP contribution in [0.15, 0.2) is 71.0 Å². The SMILES string of the molecule is [2H]c1c([2H])c([2H])c(-c2cc(C#N)cc3c2oc2c(-c4cc(C(C)C)cc(C)[n+]4C)c(C)ccc23)c([2H])c1[2H]. The highest BCUT2D eigenvalue weighted by Gasteiger charge is 2.24. The molecule has 0 spiro atoms. The molecule has 0 unspecified atom stereocenters. The fraction of sp³-hybridized carbons (Fsp3) is 0.200. The summed E-state index contributed by atoms with van der Waals surface area (Å²) in [5.41, 5.74) is 6.84. The van der Waals surface area contributed by atoms with Gasteiger partial charge in [0.25, 0.3) is 0 Å². The zero-order valence-electron chi connectivity index (χ0n) is 24.3. The number of nitrogens with zero attached hydrogens (tertiary/aromatic N) is 2. The van der Waals surface area contributed by atoms with Gasteiger partial charge in [-0.05, 0) is 41.7 Å². The summed E-state index contributed by atoms with van der Waals surface area (Å²) in [5, 5.41) is 11.3. The Morgan fingerprint density at radius 3 is 2.42 bits per heavy atom. The number of aryl methyl sites for hydroxylation is 2. The molecule has 5 rings (SSSR count). The summed E-state index contributed by atoms with van der Waals surface area (Å²) in [5.74, 6) is 0.331. The Morgan fingerprint density at radius 2 is 1.73 bits per heavy atom. The fourth-order valence-electron chi connectivity index (χ4n) is 4.39. The van der Waals surface area contributed by atoms with Gasteiger partial charge in [0.2, 0.25) is 5.69 Å². The Labute approximate surface area is 201 Å². The molecule has 3 heteroatoms. The molecule has 0 amide bonds. The van der Waals surface area contributed by atoms with Crippen LogP contribution >= 0.6 is 0 Å². The van der Waals surface area contributed by atoms with Crippen LogP contribution in [0.5, 0.6) is 0 Å². The molecule has 3 nitrogen and oxygen atoms in total. The van der Waals surface area contributed by atoms with Crippen molar-refractivity contribution in [3.8, 4) is 28.5 Å². The number of hydrogen-bond donors (Lipinski definition) is 0.